The minimum atomic E-state index is 0. The number of nitrogens with one attached hydrogen (secondary N) is 1. The van der Waals surface area contributed by atoms with E-state index in [4.69, 9.17) is 0 Å². The monoisotopic (exact) mass is 275 g/mol. The third-order valence-corrected chi connectivity index (χ3v) is 1.70. The van der Waals surface area contributed by atoms with Gasteiger partial charge in [0.15, 0.2) is 0 Å². The van der Waals surface area contributed by atoms with E-state index in [1.807, 2.05) is 32.1 Å². The number of hydrogen-bond donors (Lipinski definition) is 1. The number of rotatable bonds is 0. The van der Waals surface area contributed by atoms with E-state index in [2.05, 4.69) is 23.2 Å². The topological polar surface area (TPSA) is 15.8 Å². The Hall–Kier alpha value is -0.617. The molecule has 2 rings (SSSR count). The SMILES string of the molecule is Cc1[c-]cc(C)[nH]1.[C-]1=CC=CCC1.[Ru+2]. The van der Waals surface area contributed by atoms with E-state index in [1.165, 1.54) is 12.1 Å². The summed E-state index contributed by atoms with van der Waals surface area (Å²) in [6.45, 7) is 4.01. The molecule has 0 fully saturated rings. The van der Waals surface area contributed by atoms with Gasteiger partial charge in [0.2, 0.25) is 0 Å². The fraction of sp³-hybridized carbons (Fsp3) is 0.333. The molecule has 0 saturated carbocycles. The largest absolute Gasteiger partial charge is 2.00 e. The Bertz CT molecular complexity index is 269. The molecule has 0 aliphatic heterocycles. The van der Waals surface area contributed by atoms with Gasteiger partial charge in [-0.2, -0.15) is 6.08 Å². The number of aromatic nitrogens is 1. The average Bonchev–Trinajstić information content (AvgIpc) is 2.54. The second-order valence-corrected chi connectivity index (χ2v) is 3.06. The van der Waals surface area contributed by atoms with E-state index in [0.717, 1.165) is 12.1 Å². The molecule has 0 bridgehead atoms. The Balaban J connectivity index is 0.000000227. The van der Waals surface area contributed by atoms with Gasteiger partial charge in [-0.25, -0.2) is 24.3 Å². The number of aromatic amines is 1. The Morgan fingerprint density at radius 1 is 1.36 bits per heavy atom. The summed E-state index contributed by atoms with van der Waals surface area (Å²) >= 11 is 0. The molecule has 0 unspecified atom stereocenters. The first kappa shape index (κ1) is 13.4. The van der Waals surface area contributed by atoms with E-state index in [0.29, 0.717) is 0 Å². The van der Waals surface area contributed by atoms with Crippen LogP contribution in [0.2, 0.25) is 0 Å². The average molecular weight is 274 g/mol. The van der Waals surface area contributed by atoms with Crippen molar-refractivity contribution in [3.8, 4) is 0 Å². The Kier molecular flexibility index (Phi) is 7.41. The summed E-state index contributed by atoms with van der Waals surface area (Å²) in [5.41, 5.74) is 2.29. The minimum Gasteiger partial charge on any atom is -0.456 e. The predicted molar refractivity (Wildman–Crippen MR) is 55.3 cm³/mol. The molecule has 1 N–H and O–H groups in total. The van der Waals surface area contributed by atoms with E-state index in [9.17, 15) is 0 Å². The van der Waals surface area contributed by atoms with Gasteiger partial charge >= 0.3 is 19.5 Å². The van der Waals surface area contributed by atoms with Crippen molar-refractivity contribution in [1.29, 1.82) is 0 Å². The molecule has 0 amide bonds. The molecule has 1 heterocycles. The van der Waals surface area contributed by atoms with Crippen LogP contribution in [0.1, 0.15) is 24.2 Å². The first-order chi connectivity index (χ1) is 6.29. The maximum Gasteiger partial charge on any atom is 2.00 e. The van der Waals surface area contributed by atoms with Crippen molar-refractivity contribution in [2.45, 2.75) is 26.7 Å². The van der Waals surface area contributed by atoms with Crippen LogP contribution in [0.25, 0.3) is 0 Å². The van der Waals surface area contributed by atoms with Crippen LogP contribution in [0.4, 0.5) is 0 Å². The maximum atomic E-state index is 3.08. The van der Waals surface area contributed by atoms with Gasteiger partial charge in [-0.3, -0.25) is 6.08 Å². The Morgan fingerprint density at radius 3 is 2.29 bits per heavy atom. The predicted octanol–water partition coefficient (Wildman–Crippen LogP) is 3.13. The van der Waals surface area contributed by atoms with Crippen molar-refractivity contribution < 1.29 is 19.5 Å². The second-order valence-electron chi connectivity index (χ2n) is 3.06. The summed E-state index contributed by atoms with van der Waals surface area (Å²) < 4.78 is 0. The normalized spacial score (nSPS) is 12.7. The standard InChI is InChI=1S/C6H8N.C6H7.Ru/c1-5-3-4-6(2)7-5;1-2-4-6-5-3-1;/h3,7H,1-2H3;1-3H,4,6H2;/q2*-1;+2. The van der Waals surface area contributed by atoms with E-state index >= 15 is 0 Å². The van der Waals surface area contributed by atoms with Crippen molar-refractivity contribution in [1.82, 2.24) is 4.98 Å². The van der Waals surface area contributed by atoms with E-state index in [-0.39, 0.29) is 19.5 Å². The van der Waals surface area contributed by atoms with Crippen LogP contribution in [-0.2, 0) is 19.5 Å². The zero-order valence-electron chi connectivity index (χ0n) is 8.58. The molecule has 0 saturated heterocycles. The van der Waals surface area contributed by atoms with Crippen LogP contribution >= 0.6 is 0 Å². The van der Waals surface area contributed by atoms with Crippen LogP contribution < -0.4 is 0 Å². The van der Waals surface area contributed by atoms with Crippen LogP contribution in [0.5, 0.6) is 0 Å². The first-order valence-electron chi connectivity index (χ1n) is 4.54. The molecule has 14 heavy (non-hydrogen) atoms. The van der Waals surface area contributed by atoms with Crippen molar-refractivity contribution in [2.24, 2.45) is 0 Å². The number of hydrogen-bond acceptors (Lipinski definition) is 0. The summed E-state index contributed by atoms with van der Waals surface area (Å²) in [7, 11) is 0. The smallest absolute Gasteiger partial charge is 0.456 e. The van der Waals surface area contributed by atoms with Gasteiger partial charge in [0.25, 0.3) is 0 Å². The zero-order valence-corrected chi connectivity index (χ0v) is 10.3. The number of aryl methyl sites for hydroxylation is 2. The summed E-state index contributed by atoms with van der Waals surface area (Å²) in [5.74, 6) is 0. The van der Waals surface area contributed by atoms with Crippen LogP contribution in [-0.4, -0.2) is 4.98 Å². The first-order valence-corrected chi connectivity index (χ1v) is 4.54. The molecular weight excluding hydrogens is 259 g/mol. The van der Waals surface area contributed by atoms with Gasteiger partial charge < -0.3 is 4.98 Å². The Morgan fingerprint density at radius 2 is 2.14 bits per heavy atom. The van der Waals surface area contributed by atoms with Crippen LogP contribution in [0.3, 0.4) is 0 Å². The van der Waals surface area contributed by atoms with Crippen molar-refractivity contribution in [3.05, 3.63) is 47.8 Å². The fourth-order valence-electron chi connectivity index (χ4n) is 1.07. The molecule has 1 aromatic rings. The maximum absolute atomic E-state index is 3.08. The van der Waals surface area contributed by atoms with Crippen LogP contribution in [0.15, 0.2) is 24.3 Å². The third kappa shape index (κ3) is 5.93. The van der Waals surface area contributed by atoms with E-state index in [1.54, 1.807) is 0 Å². The van der Waals surface area contributed by atoms with E-state index < -0.39 is 0 Å². The van der Waals surface area contributed by atoms with Crippen molar-refractivity contribution >= 4 is 0 Å². The molecule has 2 heteroatoms. The minimum absolute atomic E-state index is 0. The summed E-state index contributed by atoms with van der Waals surface area (Å²) in [6, 6.07) is 4.95. The summed E-state index contributed by atoms with van der Waals surface area (Å²) in [5, 5.41) is 0. The van der Waals surface area contributed by atoms with Gasteiger partial charge in [-0.05, 0) is 6.92 Å². The zero-order chi connectivity index (χ0) is 9.52. The molecule has 76 valence electrons. The quantitative estimate of drug-likeness (QED) is 0.552. The Labute approximate surface area is 99.1 Å². The molecule has 0 spiro atoms. The molecular formula is C12H15NRu. The summed E-state index contributed by atoms with van der Waals surface area (Å²) in [6.07, 6.45) is 11.5. The third-order valence-electron chi connectivity index (χ3n) is 1.70. The summed E-state index contributed by atoms with van der Waals surface area (Å²) in [4.78, 5) is 3.08. The number of allylic oxidation sites excluding steroid dienone is 4. The van der Waals surface area contributed by atoms with Gasteiger partial charge in [0, 0.05) is 0 Å². The molecule has 0 radical (unpaired) electrons. The van der Waals surface area contributed by atoms with Crippen molar-refractivity contribution in [3.63, 3.8) is 0 Å². The fourth-order valence-corrected chi connectivity index (χ4v) is 1.07. The molecule has 1 aliphatic carbocycles. The molecule has 0 aromatic carbocycles. The molecule has 1 aliphatic rings. The van der Waals surface area contributed by atoms with Gasteiger partial charge in [-0.15, -0.1) is 12.1 Å². The second kappa shape index (κ2) is 7.76. The van der Waals surface area contributed by atoms with Gasteiger partial charge in [-0.1, -0.05) is 19.0 Å². The van der Waals surface area contributed by atoms with Gasteiger partial charge in [0.05, 0.1) is 0 Å². The van der Waals surface area contributed by atoms with Gasteiger partial charge in [0.1, 0.15) is 0 Å². The molecule has 1 aromatic heterocycles. The molecule has 0 atom stereocenters. The van der Waals surface area contributed by atoms with Crippen LogP contribution in [0, 0.1) is 26.0 Å². The molecule has 1 nitrogen and oxygen atoms in total. The number of H-pyrrole nitrogens is 1. The van der Waals surface area contributed by atoms with Crippen molar-refractivity contribution in [2.75, 3.05) is 0 Å².